The third-order valence-electron chi connectivity index (χ3n) is 5.13. The number of hydrogen-bond donors (Lipinski definition) is 1. The fourth-order valence-electron chi connectivity index (χ4n) is 3.71. The molecule has 1 amide bonds. The number of nitrogens with one attached hydrogen (secondary N) is 1. The van der Waals surface area contributed by atoms with Gasteiger partial charge in [0.2, 0.25) is 5.91 Å². The Kier molecular flexibility index (Phi) is 5.74. The third kappa shape index (κ3) is 4.21. The number of hydrogen-bond acceptors (Lipinski definition) is 3. The van der Waals surface area contributed by atoms with Gasteiger partial charge in [0.05, 0.1) is 7.11 Å². The third-order valence-corrected chi connectivity index (χ3v) is 5.13. The van der Waals surface area contributed by atoms with Crippen LogP contribution < -0.4 is 10.1 Å². The minimum absolute atomic E-state index is 0.0748. The first-order chi connectivity index (χ1) is 12.2. The summed E-state index contributed by atoms with van der Waals surface area (Å²) in [6, 6.07) is 7.47. The van der Waals surface area contributed by atoms with Crippen LogP contribution in [0.3, 0.4) is 0 Å². The molecule has 2 aromatic rings. The van der Waals surface area contributed by atoms with E-state index in [1.165, 1.54) is 25.7 Å². The fourth-order valence-corrected chi connectivity index (χ4v) is 3.71. The van der Waals surface area contributed by atoms with Crippen LogP contribution >= 0.6 is 0 Å². The van der Waals surface area contributed by atoms with Crippen molar-refractivity contribution in [2.24, 2.45) is 13.0 Å². The molecule has 1 atom stereocenters. The van der Waals surface area contributed by atoms with Gasteiger partial charge >= 0.3 is 0 Å². The lowest BCUT2D eigenvalue weighted by Crippen LogP contribution is -2.31. The minimum atomic E-state index is -0.313. The number of carbonyl (C=O) groups excluding carboxylic acids is 1. The Morgan fingerprint density at radius 1 is 1.36 bits per heavy atom. The standard InChI is InChI=1S/C20H27N3O2/c1-23-14-13-21-20(23)19(16-9-5-6-10-17(16)25-2)22-18(24)12-11-15-7-3-4-8-15/h5-6,9-10,13-15,19H,3-4,7-8,11-12H2,1-2H3,(H,22,24). The van der Waals surface area contributed by atoms with Crippen LogP contribution in [0.15, 0.2) is 36.7 Å². The molecule has 1 aliphatic carbocycles. The molecule has 3 rings (SSSR count). The molecule has 1 aromatic heterocycles. The van der Waals surface area contributed by atoms with E-state index in [1.54, 1.807) is 13.3 Å². The number of rotatable bonds is 7. The molecule has 25 heavy (non-hydrogen) atoms. The van der Waals surface area contributed by atoms with Crippen LogP contribution in [0.2, 0.25) is 0 Å². The second kappa shape index (κ2) is 8.19. The Morgan fingerprint density at radius 2 is 2.12 bits per heavy atom. The molecule has 0 aliphatic heterocycles. The van der Waals surface area contributed by atoms with Gasteiger partial charge in [0.15, 0.2) is 0 Å². The molecular formula is C20H27N3O2. The van der Waals surface area contributed by atoms with Crippen molar-refractivity contribution in [3.63, 3.8) is 0 Å². The quantitative estimate of drug-likeness (QED) is 0.837. The first-order valence-corrected chi connectivity index (χ1v) is 9.08. The maximum atomic E-state index is 12.6. The molecule has 1 unspecified atom stereocenters. The molecule has 1 saturated carbocycles. The molecule has 1 N–H and O–H groups in total. The molecule has 0 radical (unpaired) electrons. The van der Waals surface area contributed by atoms with Crippen molar-refractivity contribution < 1.29 is 9.53 Å². The zero-order chi connectivity index (χ0) is 17.6. The van der Waals surface area contributed by atoms with Crippen molar-refractivity contribution in [2.45, 2.75) is 44.6 Å². The molecule has 5 heteroatoms. The number of methoxy groups -OCH3 is 1. The van der Waals surface area contributed by atoms with Crippen LogP contribution in [-0.4, -0.2) is 22.6 Å². The lowest BCUT2D eigenvalue weighted by Gasteiger charge is -2.21. The highest BCUT2D eigenvalue weighted by molar-refractivity contribution is 5.77. The molecule has 0 bridgehead atoms. The highest BCUT2D eigenvalue weighted by atomic mass is 16.5. The van der Waals surface area contributed by atoms with Gasteiger partial charge in [-0.05, 0) is 18.4 Å². The summed E-state index contributed by atoms with van der Waals surface area (Å²) in [5.41, 5.74) is 0.925. The normalized spacial score (nSPS) is 15.9. The number of para-hydroxylation sites is 1. The maximum absolute atomic E-state index is 12.6. The van der Waals surface area contributed by atoms with Crippen LogP contribution in [0.1, 0.15) is 56.0 Å². The van der Waals surface area contributed by atoms with Gasteiger partial charge in [-0.25, -0.2) is 4.98 Å². The van der Waals surface area contributed by atoms with Gasteiger partial charge in [-0.1, -0.05) is 43.9 Å². The summed E-state index contributed by atoms with van der Waals surface area (Å²) in [6.45, 7) is 0. The largest absolute Gasteiger partial charge is 0.496 e. The Morgan fingerprint density at radius 3 is 2.80 bits per heavy atom. The molecule has 1 fully saturated rings. The van der Waals surface area contributed by atoms with Crippen molar-refractivity contribution >= 4 is 5.91 Å². The number of benzene rings is 1. The van der Waals surface area contributed by atoms with Crippen molar-refractivity contribution in [1.29, 1.82) is 0 Å². The summed E-state index contributed by atoms with van der Waals surface area (Å²) in [4.78, 5) is 17.1. The summed E-state index contributed by atoms with van der Waals surface area (Å²) >= 11 is 0. The maximum Gasteiger partial charge on any atom is 0.220 e. The zero-order valence-corrected chi connectivity index (χ0v) is 15.1. The fraction of sp³-hybridized carbons (Fsp3) is 0.500. The zero-order valence-electron chi connectivity index (χ0n) is 15.1. The average molecular weight is 341 g/mol. The number of amides is 1. The second-order valence-corrected chi connectivity index (χ2v) is 6.83. The lowest BCUT2D eigenvalue weighted by atomic mass is 10.0. The monoisotopic (exact) mass is 341 g/mol. The van der Waals surface area contributed by atoms with E-state index in [4.69, 9.17) is 4.74 Å². The van der Waals surface area contributed by atoms with Crippen LogP contribution in [0.5, 0.6) is 5.75 Å². The summed E-state index contributed by atoms with van der Waals surface area (Å²) in [5, 5.41) is 3.17. The molecule has 1 heterocycles. The minimum Gasteiger partial charge on any atom is -0.496 e. The number of nitrogens with zero attached hydrogens (tertiary/aromatic N) is 2. The van der Waals surface area contributed by atoms with Crippen LogP contribution in [0.25, 0.3) is 0 Å². The van der Waals surface area contributed by atoms with Gasteiger partial charge < -0.3 is 14.6 Å². The number of aryl methyl sites for hydroxylation is 1. The van der Waals surface area contributed by atoms with Crippen LogP contribution in [-0.2, 0) is 11.8 Å². The molecular weight excluding hydrogens is 314 g/mol. The number of ether oxygens (including phenoxy) is 1. The van der Waals surface area contributed by atoms with E-state index >= 15 is 0 Å². The highest BCUT2D eigenvalue weighted by Gasteiger charge is 2.24. The lowest BCUT2D eigenvalue weighted by molar-refractivity contribution is -0.121. The van der Waals surface area contributed by atoms with Crippen LogP contribution in [0.4, 0.5) is 0 Å². The number of aromatic nitrogens is 2. The van der Waals surface area contributed by atoms with Gasteiger partial charge in [-0.2, -0.15) is 0 Å². The number of carbonyl (C=O) groups is 1. The molecule has 1 aromatic carbocycles. The molecule has 5 nitrogen and oxygen atoms in total. The van der Waals surface area contributed by atoms with E-state index in [9.17, 15) is 4.79 Å². The first kappa shape index (κ1) is 17.5. The van der Waals surface area contributed by atoms with Crippen molar-refractivity contribution in [2.75, 3.05) is 7.11 Å². The van der Waals surface area contributed by atoms with E-state index in [2.05, 4.69) is 10.3 Å². The summed E-state index contributed by atoms with van der Waals surface area (Å²) in [7, 11) is 3.59. The predicted molar refractivity (Wildman–Crippen MR) is 97.4 cm³/mol. The molecule has 0 saturated heterocycles. The average Bonchev–Trinajstić information content (AvgIpc) is 3.29. The topological polar surface area (TPSA) is 56.1 Å². The molecule has 1 aliphatic rings. The van der Waals surface area contributed by atoms with E-state index in [1.807, 2.05) is 42.1 Å². The highest BCUT2D eigenvalue weighted by Crippen LogP contribution is 2.30. The van der Waals surface area contributed by atoms with Crippen molar-refractivity contribution in [1.82, 2.24) is 14.9 Å². The van der Waals surface area contributed by atoms with Gasteiger partial charge in [0, 0.05) is 31.4 Å². The van der Waals surface area contributed by atoms with Gasteiger partial charge in [-0.15, -0.1) is 0 Å². The van der Waals surface area contributed by atoms with E-state index in [0.29, 0.717) is 12.3 Å². The summed E-state index contributed by atoms with van der Waals surface area (Å²) in [5.74, 6) is 2.35. The van der Waals surface area contributed by atoms with Crippen molar-refractivity contribution in [3.8, 4) is 5.75 Å². The first-order valence-electron chi connectivity index (χ1n) is 9.08. The van der Waals surface area contributed by atoms with E-state index in [0.717, 1.165) is 23.6 Å². The van der Waals surface area contributed by atoms with Crippen molar-refractivity contribution in [3.05, 3.63) is 48.0 Å². The molecule has 134 valence electrons. The Labute approximate surface area is 149 Å². The van der Waals surface area contributed by atoms with Gasteiger partial charge in [-0.3, -0.25) is 4.79 Å². The van der Waals surface area contributed by atoms with E-state index < -0.39 is 0 Å². The predicted octanol–water partition coefficient (Wildman–Crippen LogP) is 3.60. The van der Waals surface area contributed by atoms with Gasteiger partial charge in [0.25, 0.3) is 0 Å². The summed E-state index contributed by atoms with van der Waals surface area (Å²) < 4.78 is 7.44. The van der Waals surface area contributed by atoms with Crippen LogP contribution in [0, 0.1) is 5.92 Å². The molecule has 0 spiro atoms. The number of imidazole rings is 1. The summed E-state index contributed by atoms with van der Waals surface area (Å²) in [6.07, 6.45) is 10.3. The van der Waals surface area contributed by atoms with E-state index in [-0.39, 0.29) is 11.9 Å². The Bertz CT molecular complexity index is 704. The Balaban J connectivity index is 1.77. The Hall–Kier alpha value is -2.30. The van der Waals surface area contributed by atoms with Gasteiger partial charge in [0.1, 0.15) is 17.6 Å². The SMILES string of the molecule is COc1ccccc1C(NC(=O)CCC1CCCC1)c1nccn1C. The smallest absolute Gasteiger partial charge is 0.220 e. The second-order valence-electron chi connectivity index (χ2n) is 6.83.